The van der Waals surface area contributed by atoms with E-state index in [0.717, 1.165) is 0 Å². The predicted octanol–water partition coefficient (Wildman–Crippen LogP) is 4.15. The van der Waals surface area contributed by atoms with Gasteiger partial charge in [0, 0.05) is 10.0 Å². The largest absolute Gasteiger partial charge is 0.497 e. The molecule has 0 amide bonds. The molecular weight excluding hydrogens is 372 g/mol. The van der Waals surface area contributed by atoms with Gasteiger partial charge in [0.15, 0.2) is 12.4 Å². The number of methoxy groups -OCH3 is 1. The third-order valence-electron chi connectivity index (χ3n) is 2.87. The van der Waals surface area contributed by atoms with Gasteiger partial charge in [0.25, 0.3) is 0 Å². The molecule has 0 aliphatic rings. The molecule has 0 N–H and O–H groups in total. The smallest absolute Gasteiger partial charge is 0.340 e. The zero-order valence-corrected chi connectivity index (χ0v) is 14.0. The average Bonchev–Trinajstić information content (AvgIpc) is 2.54. The first-order chi connectivity index (χ1) is 10.5. The summed E-state index contributed by atoms with van der Waals surface area (Å²) in [5, 5.41) is 0.266. The Hall–Kier alpha value is -1.85. The Morgan fingerprint density at radius 2 is 1.95 bits per heavy atom. The van der Waals surface area contributed by atoms with Crippen molar-refractivity contribution in [3.8, 4) is 5.75 Å². The van der Waals surface area contributed by atoms with E-state index in [1.807, 2.05) is 0 Å². The second kappa shape index (κ2) is 7.42. The molecule has 2 aromatic rings. The minimum absolute atomic E-state index is 0.203. The van der Waals surface area contributed by atoms with E-state index in [4.69, 9.17) is 21.1 Å². The number of hydrogen-bond acceptors (Lipinski definition) is 4. The van der Waals surface area contributed by atoms with Crippen LogP contribution in [-0.4, -0.2) is 25.5 Å². The molecule has 0 atom stereocenters. The van der Waals surface area contributed by atoms with Gasteiger partial charge < -0.3 is 9.47 Å². The summed E-state index contributed by atoms with van der Waals surface area (Å²) in [7, 11) is 1.51. The molecule has 4 nitrogen and oxygen atoms in total. The van der Waals surface area contributed by atoms with Crippen LogP contribution in [0.1, 0.15) is 20.7 Å². The molecule has 0 aliphatic carbocycles. The van der Waals surface area contributed by atoms with Crippen LogP contribution in [-0.2, 0) is 4.74 Å². The van der Waals surface area contributed by atoms with Crippen LogP contribution in [0, 0.1) is 0 Å². The van der Waals surface area contributed by atoms with Gasteiger partial charge >= 0.3 is 5.97 Å². The highest BCUT2D eigenvalue weighted by Crippen LogP contribution is 2.22. The minimum Gasteiger partial charge on any atom is -0.497 e. The molecule has 0 saturated carbocycles. The third-order valence-corrected chi connectivity index (χ3v) is 3.70. The summed E-state index contributed by atoms with van der Waals surface area (Å²) in [4.78, 5) is 24.0. The first-order valence-corrected chi connectivity index (χ1v) is 7.48. The van der Waals surface area contributed by atoms with Crippen LogP contribution in [0.4, 0.5) is 0 Å². The maximum absolute atomic E-state index is 12.0. The van der Waals surface area contributed by atoms with Crippen LogP contribution >= 0.6 is 27.5 Å². The number of ketones is 1. The summed E-state index contributed by atoms with van der Waals surface area (Å²) in [6.07, 6.45) is 0. The van der Waals surface area contributed by atoms with Gasteiger partial charge in [0.2, 0.25) is 0 Å². The van der Waals surface area contributed by atoms with Crippen LogP contribution in [0.5, 0.6) is 5.75 Å². The van der Waals surface area contributed by atoms with E-state index in [2.05, 4.69) is 15.9 Å². The molecule has 0 bridgehead atoms. The summed E-state index contributed by atoms with van der Waals surface area (Å²) in [6.45, 7) is -0.366. The number of ether oxygens (including phenoxy) is 2. The highest BCUT2D eigenvalue weighted by atomic mass is 79.9. The SMILES string of the molecule is COc1cccc(C(=O)COC(=O)c2cc(Br)ccc2Cl)c1. The number of benzene rings is 2. The Kier molecular flexibility index (Phi) is 5.57. The second-order valence-corrected chi connectivity index (χ2v) is 5.68. The fourth-order valence-corrected chi connectivity index (χ4v) is 2.30. The van der Waals surface area contributed by atoms with Gasteiger partial charge in [0.05, 0.1) is 17.7 Å². The van der Waals surface area contributed by atoms with Crippen molar-refractivity contribution in [2.24, 2.45) is 0 Å². The standard InChI is InChI=1S/C16H12BrClO4/c1-21-12-4-2-3-10(7-12)15(19)9-22-16(20)13-8-11(17)5-6-14(13)18/h2-8H,9H2,1H3. The quantitative estimate of drug-likeness (QED) is 0.575. The van der Waals surface area contributed by atoms with E-state index in [1.54, 1.807) is 42.5 Å². The monoisotopic (exact) mass is 382 g/mol. The van der Waals surface area contributed by atoms with E-state index in [1.165, 1.54) is 7.11 Å². The first-order valence-electron chi connectivity index (χ1n) is 6.30. The predicted molar refractivity (Wildman–Crippen MR) is 86.8 cm³/mol. The summed E-state index contributed by atoms with van der Waals surface area (Å²) in [6, 6.07) is 11.5. The van der Waals surface area contributed by atoms with Gasteiger partial charge in [-0.2, -0.15) is 0 Å². The van der Waals surface area contributed by atoms with Crippen molar-refractivity contribution in [1.29, 1.82) is 0 Å². The number of carbonyl (C=O) groups is 2. The van der Waals surface area contributed by atoms with Crippen molar-refractivity contribution >= 4 is 39.3 Å². The molecule has 114 valence electrons. The molecular formula is C16H12BrClO4. The highest BCUT2D eigenvalue weighted by molar-refractivity contribution is 9.10. The fourth-order valence-electron chi connectivity index (χ4n) is 1.74. The Labute approximate surface area is 141 Å². The van der Waals surface area contributed by atoms with Crippen LogP contribution in [0.3, 0.4) is 0 Å². The minimum atomic E-state index is -0.650. The molecule has 0 heterocycles. The number of esters is 1. The number of hydrogen-bond donors (Lipinski definition) is 0. The van der Waals surface area contributed by atoms with Crippen molar-refractivity contribution in [1.82, 2.24) is 0 Å². The zero-order chi connectivity index (χ0) is 16.1. The van der Waals surface area contributed by atoms with Crippen molar-refractivity contribution < 1.29 is 19.1 Å². The lowest BCUT2D eigenvalue weighted by Crippen LogP contribution is -2.14. The topological polar surface area (TPSA) is 52.6 Å². The Balaban J connectivity index is 2.04. The third kappa shape index (κ3) is 4.08. The molecule has 0 saturated heterocycles. The maximum Gasteiger partial charge on any atom is 0.340 e. The summed E-state index contributed by atoms with van der Waals surface area (Å²) >= 11 is 9.19. The molecule has 2 rings (SSSR count). The lowest BCUT2D eigenvalue weighted by Gasteiger charge is -2.07. The van der Waals surface area contributed by atoms with E-state index < -0.39 is 5.97 Å². The van der Waals surface area contributed by atoms with Gasteiger partial charge in [0.1, 0.15) is 5.75 Å². The van der Waals surface area contributed by atoms with Crippen molar-refractivity contribution in [3.63, 3.8) is 0 Å². The first kappa shape index (κ1) is 16.5. The van der Waals surface area contributed by atoms with Crippen molar-refractivity contribution in [3.05, 3.63) is 63.1 Å². The van der Waals surface area contributed by atoms with E-state index in [-0.39, 0.29) is 23.0 Å². The lowest BCUT2D eigenvalue weighted by atomic mass is 10.1. The van der Waals surface area contributed by atoms with Crippen molar-refractivity contribution in [2.75, 3.05) is 13.7 Å². The van der Waals surface area contributed by atoms with Crippen LogP contribution in [0.15, 0.2) is 46.9 Å². The van der Waals surface area contributed by atoms with Crippen LogP contribution < -0.4 is 4.74 Å². The van der Waals surface area contributed by atoms with E-state index >= 15 is 0 Å². The number of rotatable bonds is 5. The molecule has 6 heteroatoms. The summed E-state index contributed by atoms with van der Waals surface area (Å²) < 4.78 is 10.8. The van der Waals surface area contributed by atoms with Gasteiger partial charge in [-0.3, -0.25) is 4.79 Å². The fraction of sp³-hybridized carbons (Fsp3) is 0.125. The average molecular weight is 384 g/mol. The number of Topliss-reactive ketones (excluding diaryl/α,β-unsaturated/α-hetero) is 1. The summed E-state index contributed by atoms with van der Waals surface area (Å²) in [5.74, 6) is -0.409. The highest BCUT2D eigenvalue weighted by Gasteiger charge is 2.15. The van der Waals surface area contributed by atoms with Gasteiger partial charge in [-0.1, -0.05) is 39.7 Å². The van der Waals surface area contributed by atoms with E-state index in [0.29, 0.717) is 15.8 Å². The molecule has 0 fully saturated rings. The second-order valence-electron chi connectivity index (χ2n) is 4.36. The normalized spacial score (nSPS) is 10.1. The molecule has 0 aromatic heterocycles. The molecule has 0 unspecified atom stereocenters. The van der Waals surface area contributed by atoms with Gasteiger partial charge in [-0.15, -0.1) is 0 Å². The Bertz CT molecular complexity index is 715. The van der Waals surface area contributed by atoms with Gasteiger partial charge in [-0.25, -0.2) is 4.79 Å². The Morgan fingerprint density at radius 3 is 2.68 bits per heavy atom. The molecule has 2 aromatic carbocycles. The van der Waals surface area contributed by atoms with E-state index in [9.17, 15) is 9.59 Å². The van der Waals surface area contributed by atoms with Crippen LogP contribution in [0.25, 0.3) is 0 Å². The molecule has 22 heavy (non-hydrogen) atoms. The maximum atomic E-state index is 12.0. The molecule has 0 radical (unpaired) electrons. The summed E-state index contributed by atoms with van der Waals surface area (Å²) in [5.41, 5.74) is 0.613. The number of halogens is 2. The van der Waals surface area contributed by atoms with Crippen molar-refractivity contribution in [2.45, 2.75) is 0 Å². The lowest BCUT2D eigenvalue weighted by molar-refractivity contribution is 0.0475. The molecule has 0 aliphatic heterocycles. The Morgan fingerprint density at radius 1 is 1.18 bits per heavy atom. The molecule has 0 spiro atoms. The zero-order valence-electron chi connectivity index (χ0n) is 11.6. The van der Waals surface area contributed by atoms with Gasteiger partial charge in [-0.05, 0) is 30.3 Å². The van der Waals surface area contributed by atoms with Crippen LogP contribution in [0.2, 0.25) is 5.02 Å². The number of carbonyl (C=O) groups excluding carboxylic acids is 2.